The van der Waals surface area contributed by atoms with Gasteiger partial charge in [0.25, 0.3) is 5.91 Å². The molecule has 1 amide bonds. The first kappa shape index (κ1) is 20.9. The summed E-state index contributed by atoms with van der Waals surface area (Å²) in [5.41, 5.74) is 3.83. The van der Waals surface area contributed by atoms with Gasteiger partial charge in [0, 0.05) is 15.9 Å². The predicted molar refractivity (Wildman–Crippen MR) is 122 cm³/mol. The minimum absolute atomic E-state index is 0.235. The second-order valence-electron chi connectivity index (χ2n) is 7.25. The fourth-order valence-electron chi connectivity index (χ4n) is 3.21. The minimum Gasteiger partial charge on any atom is -0.486 e. The molecule has 2 aromatic carbocycles. The molecule has 0 aliphatic rings. The van der Waals surface area contributed by atoms with Crippen molar-refractivity contribution in [2.75, 3.05) is 5.32 Å². The zero-order valence-corrected chi connectivity index (χ0v) is 18.8. The lowest BCUT2D eigenvalue weighted by Gasteiger charge is -2.08. The summed E-state index contributed by atoms with van der Waals surface area (Å²) in [6, 6.07) is 20.7. The molecule has 1 N–H and O–H groups in total. The molecule has 0 saturated heterocycles. The first-order valence-corrected chi connectivity index (χ1v) is 10.6. The number of hydrogen-bond acceptors (Lipinski definition) is 4. The first-order valence-electron chi connectivity index (χ1n) is 9.85. The minimum atomic E-state index is -0.307. The molecular weight excluding hydrogens is 458 g/mol. The Morgan fingerprint density at radius 3 is 2.65 bits per heavy atom. The summed E-state index contributed by atoms with van der Waals surface area (Å²) in [6.45, 7) is 4.89. The number of benzene rings is 2. The van der Waals surface area contributed by atoms with Gasteiger partial charge in [-0.05, 0) is 74.0 Å². The summed E-state index contributed by atoms with van der Waals surface area (Å²) in [7, 11) is 0. The van der Waals surface area contributed by atoms with Crippen LogP contribution in [0.2, 0.25) is 0 Å². The van der Waals surface area contributed by atoms with Crippen LogP contribution in [0.1, 0.15) is 33.3 Å². The van der Waals surface area contributed by atoms with Crippen LogP contribution in [0.3, 0.4) is 0 Å². The lowest BCUT2D eigenvalue weighted by molar-refractivity contribution is 0.0992. The van der Waals surface area contributed by atoms with Crippen molar-refractivity contribution >= 4 is 27.5 Å². The van der Waals surface area contributed by atoms with Crippen LogP contribution >= 0.6 is 15.9 Å². The number of amides is 1. The molecule has 2 heterocycles. The lowest BCUT2D eigenvalue weighted by Crippen LogP contribution is -2.11. The Morgan fingerprint density at radius 2 is 1.90 bits per heavy atom. The lowest BCUT2D eigenvalue weighted by atomic mass is 10.2. The zero-order valence-electron chi connectivity index (χ0n) is 17.3. The Bertz CT molecular complexity index is 1200. The number of anilines is 1. The average molecular weight is 480 g/mol. The van der Waals surface area contributed by atoms with Crippen molar-refractivity contribution in [1.82, 2.24) is 9.78 Å². The van der Waals surface area contributed by atoms with Crippen molar-refractivity contribution in [2.24, 2.45) is 0 Å². The van der Waals surface area contributed by atoms with E-state index in [1.807, 2.05) is 73.1 Å². The highest BCUT2D eigenvalue weighted by molar-refractivity contribution is 9.10. The van der Waals surface area contributed by atoms with Crippen molar-refractivity contribution in [3.8, 4) is 5.75 Å². The smallest absolute Gasteiger partial charge is 0.291 e. The first-order chi connectivity index (χ1) is 15.0. The van der Waals surface area contributed by atoms with Gasteiger partial charge in [-0.1, -0.05) is 28.1 Å². The van der Waals surface area contributed by atoms with Crippen molar-refractivity contribution in [3.63, 3.8) is 0 Å². The molecule has 7 heteroatoms. The molecular formula is C24H22BrN3O3. The fourth-order valence-corrected chi connectivity index (χ4v) is 3.48. The number of furan rings is 1. The summed E-state index contributed by atoms with van der Waals surface area (Å²) in [5.74, 6) is 1.23. The van der Waals surface area contributed by atoms with Gasteiger partial charge >= 0.3 is 0 Å². The van der Waals surface area contributed by atoms with Gasteiger partial charge in [0.15, 0.2) is 5.76 Å². The largest absolute Gasteiger partial charge is 0.486 e. The zero-order chi connectivity index (χ0) is 21.8. The Balaban J connectivity index is 1.37. The highest BCUT2D eigenvalue weighted by Gasteiger charge is 2.12. The summed E-state index contributed by atoms with van der Waals surface area (Å²) in [6.07, 6.45) is 0. The summed E-state index contributed by atoms with van der Waals surface area (Å²) >= 11 is 3.39. The Labute approximate surface area is 189 Å². The van der Waals surface area contributed by atoms with Crippen LogP contribution < -0.4 is 10.1 Å². The van der Waals surface area contributed by atoms with Gasteiger partial charge in [-0.25, -0.2) is 0 Å². The molecule has 0 saturated carbocycles. The van der Waals surface area contributed by atoms with E-state index in [1.165, 1.54) is 0 Å². The topological polar surface area (TPSA) is 69.3 Å². The van der Waals surface area contributed by atoms with Crippen molar-refractivity contribution in [2.45, 2.75) is 27.0 Å². The second-order valence-corrected chi connectivity index (χ2v) is 8.16. The van der Waals surface area contributed by atoms with Crippen molar-refractivity contribution in [1.29, 1.82) is 0 Å². The van der Waals surface area contributed by atoms with Gasteiger partial charge in [-0.15, -0.1) is 0 Å². The van der Waals surface area contributed by atoms with Crippen LogP contribution in [0.25, 0.3) is 0 Å². The third-order valence-corrected chi connectivity index (χ3v) is 5.23. The number of rotatable bonds is 7. The standard InChI is InChI=1S/C24H22BrN3O3/c1-16-12-17(2)28(27-16)14-18-4-3-5-20(13-18)26-24(29)23-11-10-22(31-23)15-30-21-8-6-19(25)7-9-21/h3-13H,14-15H2,1-2H3,(H,26,29). The monoisotopic (exact) mass is 479 g/mol. The van der Waals surface area contributed by atoms with E-state index in [0.717, 1.165) is 27.2 Å². The second kappa shape index (κ2) is 9.22. The van der Waals surface area contributed by atoms with Crippen LogP contribution in [-0.2, 0) is 13.2 Å². The predicted octanol–water partition coefficient (Wildman–Crippen LogP) is 5.74. The molecule has 0 atom stereocenters. The number of aryl methyl sites for hydroxylation is 2. The maximum atomic E-state index is 12.6. The number of carbonyl (C=O) groups is 1. The maximum Gasteiger partial charge on any atom is 0.291 e. The van der Waals surface area contributed by atoms with Crippen LogP contribution in [-0.4, -0.2) is 15.7 Å². The van der Waals surface area contributed by atoms with Gasteiger partial charge < -0.3 is 14.5 Å². The van der Waals surface area contributed by atoms with E-state index in [1.54, 1.807) is 12.1 Å². The number of ether oxygens (including phenoxy) is 1. The number of halogens is 1. The number of carbonyl (C=O) groups excluding carboxylic acids is 1. The third kappa shape index (κ3) is 5.44. The summed E-state index contributed by atoms with van der Waals surface area (Å²) in [4.78, 5) is 12.6. The van der Waals surface area contributed by atoms with Gasteiger partial charge in [-0.3, -0.25) is 9.48 Å². The Kier molecular flexibility index (Phi) is 6.23. The van der Waals surface area contributed by atoms with E-state index < -0.39 is 0 Å². The van der Waals surface area contributed by atoms with Crippen molar-refractivity contribution in [3.05, 3.63) is 99.7 Å². The highest BCUT2D eigenvalue weighted by atomic mass is 79.9. The Morgan fingerprint density at radius 1 is 1.10 bits per heavy atom. The summed E-state index contributed by atoms with van der Waals surface area (Å²) < 4.78 is 14.3. The number of nitrogens with one attached hydrogen (secondary N) is 1. The third-order valence-electron chi connectivity index (χ3n) is 4.70. The molecule has 158 valence electrons. The summed E-state index contributed by atoms with van der Waals surface area (Å²) in [5, 5.41) is 7.38. The molecule has 4 aromatic rings. The van der Waals surface area contributed by atoms with E-state index in [2.05, 4.69) is 26.3 Å². The quantitative estimate of drug-likeness (QED) is 0.367. The van der Waals surface area contributed by atoms with Crippen LogP contribution in [0.4, 0.5) is 5.69 Å². The fraction of sp³-hybridized carbons (Fsp3) is 0.167. The van der Waals surface area contributed by atoms with Gasteiger partial charge in [0.05, 0.1) is 12.2 Å². The molecule has 4 rings (SSSR count). The van der Waals surface area contributed by atoms with Crippen molar-refractivity contribution < 1.29 is 13.9 Å². The van der Waals surface area contributed by atoms with Crippen LogP contribution in [0.5, 0.6) is 5.75 Å². The van der Waals surface area contributed by atoms with Crippen LogP contribution in [0, 0.1) is 13.8 Å². The van der Waals surface area contributed by atoms with Crippen LogP contribution in [0.15, 0.2) is 75.6 Å². The van der Waals surface area contributed by atoms with E-state index in [4.69, 9.17) is 9.15 Å². The molecule has 6 nitrogen and oxygen atoms in total. The van der Waals surface area contributed by atoms with E-state index >= 15 is 0 Å². The van der Waals surface area contributed by atoms with E-state index in [-0.39, 0.29) is 18.3 Å². The number of nitrogens with zero attached hydrogens (tertiary/aromatic N) is 2. The van der Waals surface area contributed by atoms with E-state index in [0.29, 0.717) is 18.0 Å². The molecule has 0 spiro atoms. The molecule has 0 aliphatic heterocycles. The molecule has 2 aromatic heterocycles. The normalized spacial score (nSPS) is 10.8. The Hall–Kier alpha value is -3.32. The highest BCUT2D eigenvalue weighted by Crippen LogP contribution is 2.19. The molecule has 0 radical (unpaired) electrons. The molecule has 0 bridgehead atoms. The number of aromatic nitrogens is 2. The SMILES string of the molecule is Cc1cc(C)n(Cc2cccc(NC(=O)c3ccc(COc4ccc(Br)cc4)o3)c2)n1. The van der Waals surface area contributed by atoms with E-state index in [9.17, 15) is 4.79 Å². The molecule has 31 heavy (non-hydrogen) atoms. The maximum absolute atomic E-state index is 12.6. The molecule has 0 aliphatic carbocycles. The average Bonchev–Trinajstić information content (AvgIpc) is 3.34. The molecule has 0 unspecified atom stereocenters. The van der Waals surface area contributed by atoms with Gasteiger partial charge in [0.1, 0.15) is 18.1 Å². The molecule has 0 fully saturated rings. The van der Waals surface area contributed by atoms with Gasteiger partial charge in [-0.2, -0.15) is 5.10 Å². The van der Waals surface area contributed by atoms with Gasteiger partial charge in [0.2, 0.25) is 0 Å². The number of hydrogen-bond donors (Lipinski definition) is 1.